The number of nitrogens with zero attached hydrogens (tertiary/aromatic N) is 3. The molecule has 0 unspecified atom stereocenters. The third kappa shape index (κ3) is 3.54. The number of aromatic nitrogens is 2. The van der Waals surface area contributed by atoms with Crippen LogP contribution >= 0.6 is 0 Å². The summed E-state index contributed by atoms with van der Waals surface area (Å²) in [6.45, 7) is 0.613. The van der Waals surface area contributed by atoms with Gasteiger partial charge in [-0.25, -0.2) is 4.98 Å². The summed E-state index contributed by atoms with van der Waals surface area (Å²) in [6.07, 6.45) is 4.01. The third-order valence-electron chi connectivity index (χ3n) is 2.97. The fourth-order valence-electron chi connectivity index (χ4n) is 1.78. The number of pyridine rings is 2. The minimum atomic E-state index is -0.0592. The second-order valence-electron chi connectivity index (χ2n) is 4.39. The van der Waals surface area contributed by atoms with E-state index in [-0.39, 0.29) is 5.91 Å². The summed E-state index contributed by atoms with van der Waals surface area (Å²) in [5, 5.41) is 0. The van der Waals surface area contributed by atoms with E-state index in [1.807, 2.05) is 18.2 Å². The molecule has 0 aromatic carbocycles. The summed E-state index contributed by atoms with van der Waals surface area (Å²) in [4.78, 5) is 22.1. The maximum absolute atomic E-state index is 12.2. The van der Waals surface area contributed by atoms with Gasteiger partial charge in [-0.2, -0.15) is 0 Å². The molecule has 104 valence electrons. The summed E-state index contributed by atoms with van der Waals surface area (Å²) >= 11 is 0. The molecule has 0 aliphatic carbocycles. The molecule has 0 aliphatic rings. The van der Waals surface area contributed by atoms with Crippen molar-refractivity contribution < 1.29 is 9.53 Å². The van der Waals surface area contributed by atoms with Crippen molar-refractivity contribution in [1.29, 1.82) is 0 Å². The Morgan fingerprint density at radius 2 is 2.10 bits per heavy atom. The lowest BCUT2D eigenvalue weighted by atomic mass is 10.2. The average molecular weight is 271 g/mol. The van der Waals surface area contributed by atoms with Gasteiger partial charge in [0.25, 0.3) is 5.91 Å². The lowest BCUT2D eigenvalue weighted by Gasteiger charge is -2.16. The highest BCUT2D eigenvalue weighted by atomic mass is 16.5. The quantitative estimate of drug-likeness (QED) is 0.832. The van der Waals surface area contributed by atoms with Crippen LogP contribution in [0.15, 0.2) is 42.7 Å². The van der Waals surface area contributed by atoms with Crippen molar-refractivity contribution in [3.63, 3.8) is 0 Å². The first-order valence-electron chi connectivity index (χ1n) is 6.36. The number of carbonyl (C=O) groups is 1. The zero-order valence-electron chi connectivity index (χ0n) is 11.6. The van der Waals surface area contributed by atoms with Crippen LogP contribution in [0.2, 0.25) is 0 Å². The molecule has 0 fully saturated rings. The van der Waals surface area contributed by atoms with Crippen LogP contribution in [-0.4, -0.2) is 41.5 Å². The van der Waals surface area contributed by atoms with Crippen molar-refractivity contribution in [1.82, 2.24) is 14.9 Å². The molecule has 0 saturated heterocycles. The fourth-order valence-corrected chi connectivity index (χ4v) is 1.78. The van der Waals surface area contributed by atoms with Crippen molar-refractivity contribution in [2.75, 3.05) is 20.7 Å². The zero-order chi connectivity index (χ0) is 14.4. The standard InChI is InChI=1S/C15H17N3O2/c1-18(10-8-13-5-3-4-9-16-13)15(19)12-6-7-14(20-2)17-11-12/h3-7,9,11H,8,10H2,1-2H3. The monoisotopic (exact) mass is 271 g/mol. The number of ether oxygens (including phenoxy) is 1. The SMILES string of the molecule is COc1ccc(C(=O)N(C)CCc2ccccn2)cn1. The maximum atomic E-state index is 12.2. The van der Waals surface area contributed by atoms with Gasteiger partial charge in [0.2, 0.25) is 5.88 Å². The van der Waals surface area contributed by atoms with Crippen LogP contribution < -0.4 is 4.74 Å². The van der Waals surface area contributed by atoms with Gasteiger partial charge in [-0.1, -0.05) is 6.07 Å². The van der Waals surface area contributed by atoms with Gasteiger partial charge in [-0.15, -0.1) is 0 Å². The maximum Gasteiger partial charge on any atom is 0.255 e. The van der Waals surface area contributed by atoms with Crippen molar-refractivity contribution >= 4 is 5.91 Å². The number of hydrogen-bond donors (Lipinski definition) is 0. The average Bonchev–Trinajstić information content (AvgIpc) is 2.53. The van der Waals surface area contributed by atoms with Crippen LogP contribution in [-0.2, 0) is 6.42 Å². The zero-order valence-corrected chi connectivity index (χ0v) is 11.6. The van der Waals surface area contributed by atoms with E-state index in [2.05, 4.69) is 9.97 Å². The van der Waals surface area contributed by atoms with Crippen LogP contribution in [0, 0.1) is 0 Å². The number of methoxy groups -OCH3 is 1. The molecule has 2 rings (SSSR count). The molecule has 0 saturated carbocycles. The molecule has 2 aromatic heterocycles. The molecule has 20 heavy (non-hydrogen) atoms. The summed E-state index contributed by atoms with van der Waals surface area (Å²) in [5.74, 6) is 0.439. The lowest BCUT2D eigenvalue weighted by Crippen LogP contribution is -2.29. The molecule has 0 radical (unpaired) electrons. The molecule has 5 nitrogen and oxygen atoms in total. The second-order valence-corrected chi connectivity index (χ2v) is 4.39. The first-order chi connectivity index (χ1) is 9.70. The minimum absolute atomic E-state index is 0.0592. The predicted molar refractivity (Wildman–Crippen MR) is 75.7 cm³/mol. The molecule has 2 heterocycles. The Bertz CT molecular complexity index is 555. The summed E-state index contributed by atoms with van der Waals surface area (Å²) in [5.41, 5.74) is 1.52. The number of rotatable bonds is 5. The van der Waals surface area contributed by atoms with E-state index in [0.29, 0.717) is 18.0 Å². The van der Waals surface area contributed by atoms with E-state index in [9.17, 15) is 4.79 Å². The number of likely N-dealkylation sites (N-methyl/N-ethyl adjacent to an activating group) is 1. The van der Waals surface area contributed by atoms with Gasteiger partial charge in [-0.05, 0) is 18.2 Å². The molecular formula is C15H17N3O2. The Balaban J connectivity index is 1.94. The summed E-state index contributed by atoms with van der Waals surface area (Å²) < 4.78 is 4.97. The molecular weight excluding hydrogens is 254 g/mol. The van der Waals surface area contributed by atoms with Crippen molar-refractivity contribution in [3.05, 3.63) is 54.0 Å². The Hall–Kier alpha value is -2.43. The largest absolute Gasteiger partial charge is 0.481 e. The minimum Gasteiger partial charge on any atom is -0.481 e. The normalized spacial score (nSPS) is 10.1. The van der Waals surface area contributed by atoms with E-state index < -0.39 is 0 Å². The molecule has 2 aromatic rings. The Kier molecular flexibility index (Phi) is 4.65. The van der Waals surface area contributed by atoms with E-state index in [4.69, 9.17) is 4.74 Å². The topological polar surface area (TPSA) is 55.3 Å². The summed E-state index contributed by atoms with van der Waals surface area (Å²) in [7, 11) is 3.32. The Morgan fingerprint density at radius 1 is 1.25 bits per heavy atom. The fraction of sp³-hybridized carbons (Fsp3) is 0.267. The molecule has 0 atom stereocenters. The first-order valence-corrected chi connectivity index (χ1v) is 6.36. The molecule has 0 N–H and O–H groups in total. The first kappa shape index (κ1) is 14.0. The lowest BCUT2D eigenvalue weighted by molar-refractivity contribution is 0.0796. The van der Waals surface area contributed by atoms with E-state index in [1.165, 1.54) is 6.20 Å². The highest BCUT2D eigenvalue weighted by Gasteiger charge is 2.12. The summed E-state index contributed by atoms with van der Waals surface area (Å²) in [6, 6.07) is 9.16. The number of hydrogen-bond acceptors (Lipinski definition) is 4. The molecule has 0 aliphatic heterocycles. The molecule has 5 heteroatoms. The smallest absolute Gasteiger partial charge is 0.255 e. The van der Waals surface area contributed by atoms with Gasteiger partial charge >= 0.3 is 0 Å². The van der Waals surface area contributed by atoms with E-state index in [0.717, 1.165) is 12.1 Å². The van der Waals surface area contributed by atoms with Gasteiger partial charge < -0.3 is 9.64 Å². The third-order valence-corrected chi connectivity index (χ3v) is 2.97. The van der Waals surface area contributed by atoms with Gasteiger partial charge in [0.05, 0.1) is 12.7 Å². The number of carbonyl (C=O) groups excluding carboxylic acids is 1. The predicted octanol–water partition coefficient (Wildman–Crippen LogP) is 1.80. The Labute approximate surface area is 118 Å². The van der Waals surface area contributed by atoms with E-state index in [1.54, 1.807) is 37.4 Å². The van der Waals surface area contributed by atoms with Gasteiger partial charge in [0, 0.05) is 44.2 Å². The van der Waals surface area contributed by atoms with Gasteiger partial charge in [0.15, 0.2) is 0 Å². The second kappa shape index (κ2) is 6.65. The molecule has 0 bridgehead atoms. The van der Waals surface area contributed by atoms with Gasteiger partial charge in [-0.3, -0.25) is 9.78 Å². The molecule has 0 spiro atoms. The Morgan fingerprint density at radius 3 is 2.70 bits per heavy atom. The van der Waals surface area contributed by atoms with Crippen molar-refractivity contribution in [3.8, 4) is 5.88 Å². The van der Waals surface area contributed by atoms with Crippen LogP contribution in [0.5, 0.6) is 5.88 Å². The van der Waals surface area contributed by atoms with Crippen LogP contribution in [0.25, 0.3) is 0 Å². The van der Waals surface area contributed by atoms with Crippen LogP contribution in [0.3, 0.4) is 0 Å². The molecule has 1 amide bonds. The van der Waals surface area contributed by atoms with Gasteiger partial charge in [0.1, 0.15) is 0 Å². The highest BCUT2D eigenvalue weighted by molar-refractivity contribution is 5.93. The number of amides is 1. The van der Waals surface area contributed by atoms with Crippen molar-refractivity contribution in [2.24, 2.45) is 0 Å². The van der Waals surface area contributed by atoms with E-state index >= 15 is 0 Å². The van der Waals surface area contributed by atoms with Crippen molar-refractivity contribution in [2.45, 2.75) is 6.42 Å². The van der Waals surface area contributed by atoms with Crippen LogP contribution in [0.1, 0.15) is 16.1 Å². The highest BCUT2D eigenvalue weighted by Crippen LogP contribution is 2.09. The van der Waals surface area contributed by atoms with Crippen LogP contribution in [0.4, 0.5) is 0 Å².